The molecule has 0 saturated carbocycles. The average Bonchev–Trinajstić information content (AvgIpc) is 3.31. The molecule has 0 aromatic heterocycles. The molecule has 1 aliphatic heterocycles. The molecule has 192 valence electrons. The number of nitrogens with one attached hydrogen (secondary N) is 1. The summed E-state index contributed by atoms with van der Waals surface area (Å²) in [6.45, 7) is 4.29. The predicted octanol–water partition coefficient (Wildman–Crippen LogP) is 2.73. The van der Waals surface area contributed by atoms with Crippen LogP contribution in [0.2, 0.25) is 0 Å². The Hall–Kier alpha value is -4.01. The summed E-state index contributed by atoms with van der Waals surface area (Å²) in [6, 6.07) is 21.8. The SMILES string of the molecule is CC(C)(N)C(=O)N[C@H](COCc1ccccc1)C(=O)N1Cc2ccc(-c3ccccc3C(N)=O)cc2C1. The molecule has 1 aliphatic rings. The zero-order valence-electron chi connectivity index (χ0n) is 21.1. The third-order valence-corrected chi connectivity index (χ3v) is 6.33. The van der Waals surface area contributed by atoms with Crippen LogP contribution in [0.4, 0.5) is 0 Å². The number of carbonyl (C=O) groups is 3. The lowest BCUT2D eigenvalue weighted by atomic mass is 9.96. The van der Waals surface area contributed by atoms with Crippen molar-refractivity contribution in [3.05, 3.63) is 95.1 Å². The molecule has 0 spiro atoms. The number of nitrogens with zero attached hydrogens (tertiary/aromatic N) is 1. The maximum Gasteiger partial charge on any atom is 0.249 e. The Bertz CT molecular complexity index is 1300. The van der Waals surface area contributed by atoms with Crippen LogP contribution in [-0.2, 0) is 34.0 Å². The summed E-state index contributed by atoms with van der Waals surface area (Å²) in [5, 5.41) is 2.77. The molecule has 5 N–H and O–H groups in total. The van der Waals surface area contributed by atoms with E-state index in [-0.39, 0.29) is 12.5 Å². The summed E-state index contributed by atoms with van der Waals surface area (Å²) in [7, 11) is 0. The highest BCUT2D eigenvalue weighted by Gasteiger charge is 2.33. The molecule has 0 radical (unpaired) electrons. The van der Waals surface area contributed by atoms with Crippen LogP contribution in [0.5, 0.6) is 0 Å². The van der Waals surface area contributed by atoms with Gasteiger partial charge in [0.05, 0.1) is 18.8 Å². The fourth-order valence-corrected chi connectivity index (χ4v) is 4.28. The fourth-order valence-electron chi connectivity index (χ4n) is 4.28. The van der Waals surface area contributed by atoms with Gasteiger partial charge >= 0.3 is 0 Å². The van der Waals surface area contributed by atoms with E-state index in [0.29, 0.717) is 25.3 Å². The minimum absolute atomic E-state index is 0.0135. The van der Waals surface area contributed by atoms with Crippen molar-refractivity contribution < 1.29 is 19.1 Å². The van der Waals surface area contributed by atoms with Gasteiger partial charge < -0.3 is 26.4 Å². The first-order valence-corrected chi connectivity index (χ1v) is 12.1. The highest BCUT2D eigenvalue weighted by molar-refractivity contribution is 6.00. The van der Waals surface area contributed by atoms with Gasteiger partial charge in [0, 0.05) is 18.7 Å². The van der Waals surface area contributed by atoms with Gasteiger partial charge in [-0.25, -0.2) is 0 Å². The van der Waals surface area contributed by atoms with Gasteiger partial charge in [-0.05, 0) is 53.8 Å². The normalized spacial score (nSPS) is 13.6. The minimum atomic E-state index is -1.14. The highest BCUT2D eigenvalue weighted by atomic mass is 16.5. The van der Waals surface area contributed by atoms with Gasteiger partial charge in [-0.1, -0.05) is 60.7 Å². The maximum atomic E-state index is 13.5. The van der Waals surface area contributed by atoms with Crippen molar-refractivity contribution in [3.63, 3.8) is 0 Å². The van der Waals surface area contributed by atoms with Crippen LogP contribution < -0.4 is 16.8 Å². The van der Waals surface area contributed by atoms with Crippen molar-refractivity contribution >= 4 is 17.7 Å². The Morgan fingerprint density at radius 2 is 1.65 bits per heavy atom. The van der Waals surface area contributed by atoms with Crippen molar-refractivity contribution in [1.82, 2.24) is 10.2 Å². The molecule has 0 saturated heterocycles. The zero-order valence-corrected chi connectivity index (χ0v) is 21.1. The molecule has 3 aromatic rings. The molecular formula is C29H32N4O4. The van der Waals surface area contributed by atoms with Crippen LogP contribution in [0.15, 0.2) is 72.8 Å². The van der Waals surface area contributed by atoms with Crippen LogP contribution in [0.3, 0.4) is 0 Å². The van der Waals surface area contributed by atoms with Crippen LogP contribution >= 0.6 is 0 Å². The van der Waals surface area contributed by atoms with E-state index in [2.05, 4.69) is 5.32 Å². The van der Waals surface area contributed by atoms with E-state index in [1.54, 1.807) is 30.9 Å². The number of fused-ring (bicyclic) bond motifs is 1. The maximum absolute atomic E-state index is 13.5. The molecule has 8 heteroatoms. The van der Waals surface area contributed by atoms with Crippen molar-refractivity contribution in [2.24, 2.45) is 11.5 Å². The van der Waals surface area contributed by atoms with E-state index < -0.39 is 23.4 Å². The molecule has 3 aromatic carbocycles. The Morgan fingerprint density at radius 1 is 0.973 bits per heavy atom. The van der Waals surface area contributed by atoms with Crippen LogP contribution in [0, 0.1) is 0 Å². The van der Waals surface area contributed by atoms with Crippen molar-refractivity contribution in [1.29, 1.82) is 0 Å². The first-order chi connectivity index (χ1) is 17.6. The predicted molar refractivity (Wildman–Crippen MR) is 141 cm³/mol. The third kappa shape index (κ3) is 6.22. The van der Waals surface area contributed by atoms with Crippen molar-refractivity contribution in [2.75, 3.05) is 6.61 Å². The Balaban J connectivity index is 1.50. The molecule has 0 unspecified atom stereocenters. The first-order valence-electron chi connectivity index (χ1n) is 12.1. The van der Waals surface area contributed by atoms with Gasteiger partial charge in [0.2, 0.25) is 17.7 Å². The number of hydrogen-bond donors (Lipinski definition) is 3. The number of ether oxygens (including phenoxy) is 1. The first kappa shape index (κ1) is 26.1. The van der Waals surface area contributed by atoms with E-state index in [1.807, 2.05) is 60.7 Å². The Labute approximate surface area is 216 Å². The van der Waals surface area contributed by atoms with Gasteiger partial charge in [0.1, 0.15) is 6.04 Å². The number of hydrogen-bond acceptors (Lipinski definition) is 5. The second-order valence-electron chi connectivity index (χ2n) is 9.84. The molecule has 0 bridgehead atoms. The third-order valence-electron chi connectivity index (χ3n) is 6.33. The Kier molecular flexibility index (Phi) is 7.71. The van der Waals surface area contributed by atoms with Crippen molar-refractivity contribution in [3.8, 4) is 11.1 Å². The van der Waals surface area contributed by atoms with E-state index in [0.717, 1.165) is 27.8 Å². The Morgan fingerprint density at radius 3 is 2.35 bits per heavy atom. The van der Waals surface area contributed by atoms with Crippen molar-refractivity contribution in [2.45, 2.75) is 45.1 Å². The summed E-state index contributed by atoms with van der Waals surface area (Å²) in [4.78, 5) is 39.8. The van der Waals surface area contributed by atoms with E-state index in [9.17, 15) is 14.4 Å². The standard InChI is InChI=1S/C29H32N4O4/c1-29(2,31)28(36)32-25(18-37-17-19-8-4-3-5-9-19)27(35)33-15-21-13-12-20(14-22(21)16-33)23-10-6-7-11-24(23)26(30)34/h3-14,25H,15-18,31H2,1-2H3,(H2,30,34)(H,32,36)/t25-/m1/s1. The zero-order chi connectivity index (χ0) is 26.6. The molecule has 4 rings (SSSR count). The molecule has 1 atom stereocenters. The fraction of sp³-hybridized carbons (Fsp3) is 0.276. The summed E-state index contributed by atoms with van der Waals surface area (Å²) in [5.74, 6) is -1.18. The molecule has 3 amide bonds. The van der Waals surface area contributed by atoms with Crippen LogP contribution in [0.25, 0.3) is 11.1 Å². The quantitative estimate of drug-likeness (QED) is 0.416. The smallest absolute Gasteiger partial charge is 0.249 e. The van der Waals surface area contributed by atoms with E-state index in [4.69, 9.17) is 16.2 Å². The number of amides is 3. The number of primary amides is 1. The molecule has 8 nitrogen and oxygen atoms in total. The minimum Gasteiger partial charge on any atom is -0.374 e. The lowest BCUT2D eigenvalue weighted by molar-refractivity contribution is -0.140. The van der Waals surface area contributed by atoms with E-state index in [1.165, 1.54) is 0 Å². The molecule has 1 heterocycles. The number of carbonyl (C=O) groups excluding carboxylic acids is 3. The van der Waals surface area contributed by atoms with Gasteiger partial charge in [0.25, 0.3) is 0 Å². The van der Waals surface area contributed by atoms with Crippen LogP contribution in [-0.4, -0.2) is 40.8 Å². The molecule has 0 aliphatic carbocycles. The lowest BCUT2D eigenvalue weighted by Crippen LogP contribution is -2.57. The largest absolute Gasteiger partial charge is 0.374 e. The summed E-state index contributed by atoms with van der Waals surface area (Å²) in [6.07, 6.45) is 0. The number of benzene rings is 3. The van der Waals surface area contributed by atoms with Gasteiger partial charge in [-0.15, -0.1) is 0 Å². The average molecular weight is 501 g/mol. The monoisotopic (exact) mass is 500 g/mol. The molecule has 0 fully saturated rings. The molecular weight excluding hydrogens is 468 g/mol. The van der Waals surface area contributed by atoms with Gasteiger partial charge in [0.15, 0.2) is 0 Å². The highest BCUT2D eigenvalue weighted by Crippen LogP contribution is 2.30. The lowest BCUT2D eigenvalue weighted by Gasteiger charge is -2.27. The summed E-state index contributed by atoms with van der Waals surface area (Å²) in [5.41, 5.74) is 15.4. The molecule has 37 heavy (non-hydrogen) atoms. The summed E-state index contributed by atoms with van der Waals surface area (Å²) >= 11 is 0. The van der Waals surface area contributed by atoms with E-state index >= 15 is 0 Å². The summed E-state index contributed by atoms with van der Waals surface area (Å²) < 4.78 is 5.82. The second-order valence-corrected chi connectivity index (χ2v) is 9.84. The second kappa shape index (κ2) is 10.9. The number of nitrogens with two attached hydrogens (primary N) is 2. The topological polar surface area (TPSA) is 128 Å². The van der Waals surface area contributed by atoms with Crippen LogP contribution in [0.1, 0.15) is 40.9 Å². The van der Waals surface area contributed by atoms with Gasteiger partial charge in [-0.2, -0.15) is 0 Å². The van der Waals surface area contributed by atoms with Gasteiger partial charge in [-0.3, -0.25) is 14.4 Å². The number of rotatable bonds is 9.